The minimum Gasteiger partial charge on any atom is -0.353 e. The summed E-state index contributed by atoms with van der Waals surface area (Å²) in [6.07, 6.45) is 12.9. The lowest BCUT2D eigenvalue weighted by Crippen LogP contribution is -1.88. The van der Waals surface area contributed by atoms with Crippen LogP contribution in [-0.4, -0.2) is 30.1 Å². The molecule has 0 spiro atoms. The average Bonchev–Trinajstić information content (AvgIpc) is 3.50. The van der Waals surface area contributed by atoms with Crippen molar-refractivity contribution < 1.29 is 0 Å². The molecule has 0 aliphatic heterocycles. The smallest absolute Gasteiger partial charge is 0.116 e. The summed E-state index contributed by atoms with van der Waals surface area (Å²) >= 11 is 1.79. The van der Waals surface area contributed by atoms with Crippen molar-refractivity contribution in [3.8, 4) is 22.8 Å². The number of H-pyrrole nitrogens is 2. The normalized spacial score (nSPS) is 12.7. The summed E-state index contributed by atoms with van der Waals surface area (Å²) in [5.74, 6) is 0. The van der Waals surface area contributed by atoms with Crippen molar-refractivity contribution >= 4 is 33.9 Å². The molecular weight excluding hydrogens is 404 g/mol. The SMILES string of the molecule is Cc1ccc(C2=CC=C=Cc3[nH]c(-c4n[nH]c5cnc(-c6cnccn6)cc45)cc32)s1. The van der Waals surface area contributed by atoms with Gasteiger partial charge in [-0.1, -0.05) is 0 Å². The number of aromatic nitrogens is 6. The second-order valence-electron chi connectivity index (χ2n) is 7.26. The van der Waals surface area contributed by atoms with Crippen LogP contribution in [0.2, 0.25) is 0 Å². The maximum atomic E-state index is 4.58. The molecule has 1 aliphatic rings. The van der Waals surface area contributed by atoms with Gasteiger partial charge in [-0.3, -0.25) is 20.1 Å². The quantitative estimate of drug-likeness (QED) is 0.383. The number of aryl methyl sites for hydroxylation is 1. The van der Waals surface area contributed by atoms with Crippen LogP contribution < -0.4 is 0 Å². The van der Waals surface area contributed by atoms with Crippen LogP contribution in [0.4, 0.5) is 0 Å². The van der Waals surface area contributed by atoms with Crippen LogP contribution in [0, 0.1) is 6.92 Å². The number of thiophene rings is 1. The Balaban J connectivity index is 1.49. The van der Waals surface area contributed by atoms with Crippen molar-refractivity contribution in [2.24, 2.45) is 0 Å². The zero-order valence-electron chi connectivity index (χ0n) is 16.5. The van der Waals surface area contributed by atoms with E-state index in [1.807, 2.05) is 18.2 Å². The number of aromatic amines is 2. The third-order valence-electron chi connectivity index (χ3n) is 5.25. The minimum atomic E-state index is 0.727. The highest BCUT2D eigenvalue weighted by Gasteiger charge is 2.19. The molecule has 0 fully saturated rings. The molecule has 0 aromatic carbocycles. The van der Waals surface area contributed by atoms with Gasteiger partial charge in [0.25, 0.3) is 0 Å². The predicted octanol–water partition coefficient (Wildman–Crippen LogP) is 5.39. The first-order valence-corrected chi connectivity index (χ1v) is 10.6. The lowest BCUT2D eigenvalue weighted by molar-refractivity contribution is 1.11. The van der Waals surface area contributed by atoms with Crippen molar-refractivity contribution in [2.75, 3.05) is 0 Å². The number of nitrogens with one attached hydrogen (secondary N) is 2. The van der Waals surface area contributed by atoms with Crippen LogP contribution in [0.25, 0.3) is 45.3 Å². The van der Waals surface area contributed by atoms with Gasteiger partial charge in [-0.2, -0.15) is 5.10 Å². The van der Waals surface area contributed by atoms with E-state index in [9.17, 15) is 0 Å². The standard InChI is InChI=1S/C24H16N6S/c1-14-6-7-23(31-14)15-4-2-3-5-18-16(15)10-20(28-18)24-17-11-19(22-12-25-8-9-26-22)27-13-21(17)29-30-24/h2,4-13,28H,1H3,(H,29,30). The van der Waals surface area contributed by atoms with Crippen LogP contribution in [0.5, 0.6) is 0 Å². The Bertz CT molecular complexity index is 1530. The van der Waals surface area contributed by atoms with E-state index >= 15 is 0 Å². The molecule has 1 aliphatic carbocycles. The lowest BCUT2D eigenvalue weighted by atomic mass is 10.0. The Morgan fingerprint density at radius 3 is 2.84 bits per heavy atom. The molecule has 6 rings (SSSR count). The van der Waals surface area contributed by atoms with Gasteiger partial charge in [-0.25, -0.2) is 0 Å². The van der Waals surface area contributed by atoms with E-state index in [2.05, 4.69) is 67.1 Å². The molecule has 5 heterocycles. The van der Waals surface area contributed by atoms with Gasteiger partial charge in [-0.15, -0.1) is 17.1 Å². The number of hydrogen-bond acceptors (Lipinski definition) is 5. The third kappa shape index (κ3) is 3.04. The first-order valence-electron chi connectivity index (χ1n) is 9.80. The zero-order valence-corrected chi connectivity index (χ0v) is 17.4. The Morgan fingerprint density at radius 1 is 1.03 bits per heavy atom. The van der Waals surface area contributed by atoms with Crippen molar-refractivity contribution in [1.82, 2.24) is 30.1 Å². The van der Waals surface area contributed by atoms with Crippen LogP contribution in [-0.2, 0) is 0 Å². The summed E-state index contributed by atoms with van der Waals surface area (Å²) < 4.78 is 0. The Labute approximate surface area is 181 Å². The molecule has 7 heteroatoms. The van der Waals surface area contributed by atoms with E-state index in [1.165, 1.54) is 15.3 Å². The van der Waals surface area contributed by atoms with Crippen molar-refractivity contribution in [3.05, 3.63) is 87.9 Å². The summed E-state index contributed by atoms with van der Waals surface area (Å²) in [5.41, 5.74) is 10.7. The summed E-state index contributed by atoms with van der Waals surface area (Å²) in [6, 6.07) is 8.48. The van der Waals surface area contributed by atoms with Crippen molar-refractivity contribution in [3.63, 3.8) is 0 Å². The monoisotopic (exact) mass is 420 g/mol. The first-order chi connectivity index (χ1) is 15.3. The van der Waals surface area contributed by atoms with Gasteiger partial charge >= 0.3 is 0 Å². The van der Waals surface area contributed by atoms with E-state index in [1.54, 1.807) is 36.1 Å². The second kappa shape index (κ2) is 7.02. The number of hydrogen-bond donors (Lipinski definition) is 2. The fourth-order valence-corrected chi connectivity index (χ4v) is 4.68. The molecule has 0 bridgehead atoms. The van der Waals surface area contributed by atoms with Gasteiger partial charge in [-0.05, 0) is 43.3 Å². The highest BCUT2D eigenvalue weighted by atomic mass is 32.1. The van der Waals surface area contributed by atoms with Crippen LogP contribution in [0.3, 0.4) is 0 Å². The largest absolute Gasteiger partial charge is 0.353 e. The molecule has 0 saturated heterocycles. The molecule has 148 valence electrons. The number of fused-ring (bicyclic) bond motifs is 2. The maximum Gasteiger partial charge on any atom is 0.116 e. The van der Waals surface area contributed by atoms with Crippen LogP contribution in [0.15, 0.2) is 66.9 Å². The summed E-state index contributed by atoms with van der Waals surface area (Å²) in [5, 5.41) is 8.65. The number of rotatable bonds is 3. The molecule has 0 unspecified atom stereocenters. The van der Waals surface area contributed by atoms with Gasteiger partial charge in [0, 0.05) is 44.7 Å². The highest BCUT2D eigenvalue weighted by molar-refractivity contribution is 7.13. The Hall–Kier alpha value is -4.06. The topological polar surface area (TPSA) is 83.1 Å². The fraction of sp³-hybridized carbons (Fsp3) is 0.0417. The molecule has 0 saturated carbocycles. The van der Waals surface area contributed by atoms with Gasteiger partial charge in [0.2, 0.25) is 0 Å². The highest BCUT2D eigenvalue weighted by Crippen LogP contribution is 2.36. The molecule has 0 amide bonds. The van der Waals surface area contributed by atoms with E-state index in [0.29, 0.717) is 0 Å². The molecule has 5 aromatic rings. The van der Waals surface area contributed by atoms with Crippen LogP contribution in [0.1, 0.15) is 21.0 Å². The molecule has 2 N–H and O–H groups in total. The summed E-state index contributed by atoms with van der Waals surface area (Å²) in [4.78, 5) is 19.1. The van der Waals surface area contributed by atoms with E-state index in [0.717, 1.165) is 44.9 Å². The molecule has 6 nitrogen and oxygen atoms in total. The molecule has 31 heavy (non-hydrogen) atoms. The average molecular weight is 421 g/mol. The lowest BCUT2D eigenvalue weighted by Gasteiger charge is -2.02. The van der Waals surface area contributed by atoms with Crippen molar-refractivity contribution in [1.29, 1.82) is 0 Å². The fourth-order valence-electron chi connectivity index (χ4n) is 3.78. The van der Waals surface area contributed by atoms with Crippen LogP contribution >= 0.6 is 11.3 Å². The number of nitrogens with zero attached hydrogens (tertiary/aromatic N) is 4. The number of allylic oxidation sites excluding steroid dienone is 2. The Kier molecular flexibility index (Phi) is 4.02. The molecular formula is C24H16N6S. The summed E-state index contributed by atoms with van der Waals surface area (Å²) in [6.45, 7) is 2.13. The predicted molar refractivity (Wildman–Crippen MR) is 123 cm³/mol. The maximum absolute atomic E-state index is 4.58. The molecule has 5 aromatic heterocycles. The van der Waals surface area contributed by atoms with Gasteiger partial charge in [0.15, 0.2) is 0 Å². The van der Waals surface area contributed by atoms with Crippen molar-refractivity contribution in [2.45, 2.75) is 6.92 Å². The van der Waals surface area contributed by atoms with Gasteiger partial charge in [0.05, 0.1) is 35.0 Å². The zero-order chi connectivity index (χ0) is 20.8. The first kappa shape index (κ1) is 17.8. The third-order valence-corrected chi connectivity index (χ3v) is 6.28. The summed E-state index contributed by atoms with van der Waals surface area (Å²) in [7, 11) is 0. The second-order valence-corrected chi connectivity index (χ2v) is 8.54. The Morgan fingerprint density at radius 2 is 2.00 bits per heavy atom. The minimum absolute atomic E-state index is 0.727. The van der Waals surface area contributed by atoms with E-state index in [4.69, 9.17) is 0 Å². The molecule has 0 atom stereocenters. The van der Waals surface area contributed by atoms with E-state index < -0.39 is 0 Å². The molecule has 0 radical (unpaired) electrons. The van der Waals surface area contributed by atoms with E-state index in [-0.39, 0.29) is 0 Å². The van der Waals surface area contributed by atoms with Gasteiger partial charge < -0.3 is 4.98 Å². The van der Waals surface area contributed by atoms with Gasteiger partial charge in [0.1, 0.15) is 11.4 Å². The number of pyridine rings is 1.